The number of aromatic nitrogens is 3. The standard InChI is InChI=1S/C27H30N8O3/c1-18-15-25(33-38-18)30-27(37)28-22-9-7-20(8-10-22)23-16-24(32-31-23)29-26(36)21-5-3-19(4-6-21)17-35-13-11-34(2)12-14-35/h3-10,15-16H,11-14,17H2,1-2H3,(H2,28,30,33,37)(H2,29,31,32,36). The summed E-state index contributed by atoms with van der Waals surface area (Å²) in [6.45, 7) is 6.90. The fourth-order valence-corrected chi connectivity index (χ4v) is 4.18. The number of anilines is 3. The smallest absolute Gasteiger partial charge is 0.324 e. The van der Waals surface area contributed by atoms with Crippen LogP contribution in [0.3, 0.4) is 0 Å². The first-order valence-electron chi connectivity index (χ1n) is 12.4. The van der Waals surface area contributed by atoms with Crippen molar-refractivity contribution in [1.29, 1.82) is 0 Å². The Hall–Kier alpha value is -4.48. The number of benzene rings is 2. The monoisotopic (exact) mass is 514 g/mol. The van der Waals surface area contributed by atoms with Crippen LogP contribution in [0.15, 0.2) is 65.2 Å². The molecule has 11 nitrogen and oxygen atoms in total. The zero-order valence-corrected chi connectivity index (χ0v) is 21.3. The van der Waals surface area contributed by atoms with E-state index in [9.17, 15) is 9.59 Å². The highest BCUT2D eigenvalue weighted by atomic mass is 16.5. The molecule has 3 heterocycles. The van der Waals surface area contributed by atoms with Crippen molar-refractivity contribution in [3.8, 4) is 11.3 Å². The third-order valence-electron chi connectivity index (χ3n) is 6.36. The fourth-order valence-electron chi connectivity index (χ4n) is 4.18. The van der Waals surface area contributed by atoms with E-state index in [1.54, 1.807) is 31.2 Å². The van der Waals surface area contributed by atoms with E-state index in [1.165, 1.54) is 5.56 Å². The molecule has 11 heteroatoms. The van der Waals surface area contributed by atoms with Gasteiger partial charge >= 0.3 is 6.03 Å². The fraction of sp³-hybridized carbons (Fsp3) is 0.259. The van der Waals surface area contributed by atoms with Crippen molar-refractivity contribution >= 4 is 29.3 Å². The maximum absolute atomic E-state index is 12.7. The van der Waals surface area contributed by atoms with Crippen LogP contribution in [0.25, 0.3) is 11.3 Å². The first kappa shape index (κ1) is 25.2. The molecule has 0 atom stereocenters. The number of rotatable bonds is 7. The summed E-state index contributed by atoms with van der Waals surface area (Å²) in [5.74, 6) is 1.15. The molecular weight excluding hydrogens is 484 g/mol. The van der Waals surface area contributed by atoms with Gasteiger partial charge in [-0.25, -0.2) is 4.79 Å². The van der Waals surface area contributed by atoms with E-state index in [4.69, 9.17) is 4.52 Å². The Balaban J connectivity index is 1.13. The summed E-state index contributed by atoms with van der Waals surface area (Å²) in [5.41, 5.74) is 3.96. The first-order chi connectivity index (χ1) is 18.4. The third-order valence-corrected chi connectivity index (χ3v) is 6.36. The molecular formula is C27H30N8O3. The van der Waals surface area contributed by atoms with Gasteiger partial charge in [0.15, 0.2) is 11.6 Å². The van der Waals surface area contributed by atoms with E-state index in [2.05, 4.69) is 48.2 Å². The summed E-state index contributed by atoms with van der Waals surface area (Å²) >= 11 is 0. The van der Waals surface area contributed by atoms with Crippen molar-refractivity contribution < 1.29 is 14.1 Å². The minimum atomic E-state index is -0.426. The molecule has 3 amide bonds. The van der Waals surface area contributed by atoms with Crippen molar-refractivity contribution in [3.63, 3.8) is 0 Å². The summed E-state index contributed by atoms with van der Waals surface area (Å²) in [6.07, 6.45) is 0. The SMILES string of the molecule is Cc1cc(NC(=O)Nc2ccc(-c3cc(NC(=O)c4ccc(CN5CCN(C)CC5)cc4)n[nH]3)cc2)no1. The van der Waals surface area contributed by atoms with Crippen LogP contribution >= 0.6 is 0 Å². The number of hydrogen-bond acceptors (Lipinski definition) is 7. The summed E-state index contributed by atoms with van der Waals surface area (Å²) < 4.78 is 4.93. The summed E-state index contributed by atoms with van der Waals surface area (Å²) in [4.78, 5) is 29.6. The maximum Gasteiger partial charge on any atom is 0.324 e. The lowest BCUT2D eigenvalue weighted by atomic mass is 10.1. The van der Waals surface area contributed by atoms with E-state index in [0.717, 1.165) is 44.0 Å². The van der Waals surface area contributed by atoms with E-state index in [1.807, 2.05) is 36.4 Å². The Morgan fingerprint density at radius 3 is 2.34 bits per heavy atom. The zero-order valence-electron chi connectivity index (χ0n) is 21.3. The number of aromatic amines is 1. The van der Waals surface area contributed by atoms with Gasteiger partial charge < -0.3 is 20.1 Å². The molecule has 0 aliphatic carbocycles. The third kappa shape index (κ3) is 6.44. The summed E-state index contributed by atoms with van der Waals surface area (Å²) in [5, 5.41) is 19.1. The van der Waals surface area contributed by atoms with Crippen LogP contribution in [-0.2, 0) is 6.54 Å². The highest BCUT2D eigenvalue weighted by Crippen LogP contribution is 2.22. The lowest BCUT2D eigenvalue weighted by Gasteiger charge is -2.32. The molecule has 0 unspecified atom stereocenters. The van der Waals surface area contributed by atoms with Gasteiger partial charge in [0, 0.05) is 56.1 Å². The van der Waals surface area contributed by atoms with Crippen LogP contribution in [0.1, 0.15) is 21.7 Å². The number of carbonyl (C=O) groups excluding carboxylic acids is 2. The van der Waals surface area contributed by atoms with Gasteiger partial charge in [0.2, 0.25) is 0 Å². The summed E-state index contributed by atoms with van der Waals surface area (Å²) in [7, 11) is 2.15. The normalized spacial score (nSPS) is 14.3. The van der Waals surface area contributed by atoms with Gasteiger partial charge in [-0.05, 0) is 49.4 Å². The average molecular weight is 515 g/mol. The molecule has 0 bridgehead atoms. The Kier molecular flexibility index (Phi) is 7.47. The van der Waals surface area contributed by atoms with E-state index in [0.29, 0.717) is 28.6 Å². The number of carbonyl (C=O) groups is 2. The second-order valence-electron chi connectivity index (χ2n) is 9.38. The Bertz CT molecular complexity index is 1390. The zero-order chi connectivity index (χ0) is 26.5. The second-order valence-corrected chi connectivity index (χ2v) is 9.38. The molecule has 0 radical (unpaired) electrons. The van der Waals surface area contributed by atoms with Crippen molar-refractivity contribution in [2.75, 3.05) is 49.2 Å². The van der Waals surface area contributed by atoms with Gasteiger partial charge in [-0.15, -0.1) is 0 Å². The molecule has 1 fully saturated rings. The molecule has 0 spiro atoms. The first-order valence-corrected chi connectivity index (χ1v) is 12.4. The van der Waals surface area contributed by atoms with Gasteiger partial charge in [-0.1, -0.05) is 29.4 Å². The van der Waals surface area contributed by atoms with Gasteiger partial charge in [0.1, 0.15) is 5.76 Å². The Morgan fingerprint density at radius 2 is 1.66 bits per heavy atom. The van der Waals surface area contributed by atoms with Crippen molar-refractivity contribution in [1.82, 2.24) is 25.2 Å². The highest BCUT2D eigenvalue weighted by Gasteiger charge is 2.15. The molecule has 1 aliphatic rings. The van der Waals surface area contributed by atoms with Gasteiger partial charge in [0.25, 0.3) is 5.91 Å². The molecule has 2 aromatic heterocycles. The lowest BCUT2D eigenvalue weighted by molar-refractivity contribution is 0.102. The minimum Gasteiger partial charge on any atom is -0.360 e. The maximum atomic E-state index is 12.7. The number of piperazine rings is 1. The molecule has 1 aliphatic heterocycles. The minimum absolute atomic E-state index is 0.220. The lowest BCUT2D eigenvalue weighted by Crippen LogP contribution is -2.43. The van der Waals surface area contributed by atoms with Crippen LogP contribution in [0, 0.1) is 6.92 Å². The van der Waals surface area contributed by atoms with Crippen molar-refractivity contribution in [3.05, 3.63) is 77.6 Å². The van der Waals surface area contributed by atoms with Gasteiger partial charge in [0.05, 0.1) is 5.69 Å². The van der Waals surface area contributed by atoms with Crippen LogP contribution < -0.4 is 16.0 Å². The molecule has 4 N–H and O–H groups in total. The number of nitrogens with zero attached hydrogens (tertiary/aromatic N) is 4. The molecule has 196 valence electrons. The van der Waals surface area contributed by atoms with Gasteiger partial charge in [-0.3, -0.25) is 20.1 Å². The molecule has 0 saturated carbocycles. The Morgan fingerprint density at radius 1 is 0.921 bits per heavy atom. The van der Waals surface area contributed by atoms with Crippen LogP contribution in [0.4, 0.5) is 22.1 Å². The summed E-state index contributed by atoms with van der Waals surface area (Å²) in [6, 6.07) is 17.9. The van der Waals surface area contributed by atoms with Crippen LogP contribution in [0.5, 0.6) is 0 Å². The number of likely N-dealkylation sites (N-methyl/N-ethyl adjacent to an activating group) is 1. The van der Waals surface area contributed by atoms with E-state index >= 15 is 0 Å². The Labute approximate surface area is 220 Å². The topological polar surface area (TPSA) is 131 Å². The number of H-pyrrole nitrogens is 1. The molecule has 38 heavy (non-hydrogen) atoms. The highest BCUT2D eigenvalue weighted by molar-refractivity contribution is 6.04. The molecule has 5 rings (SSSR count). The predicted octanol–water partition coefficient (Wildman–Crippen LogP) is 4.02. The largest absolute Gasteiger partial charge is 0.360 e. The van der Waals surface area contributed by atoms with E-state index in [-0.39, 0.29) is 5.91 Å². The van der Waals surface area contributed by atoms with Crippen LogP contribution in [0.2, 0.25) is 0 Å². The van der Waals surface area contributed by atoms with E-state index < -0.39 is 6.03 Å². The average Bonchev–Trinajstić information content (AvgIpc) is 3.55. The molecule has 2 aromatic carbocycles. The number of amides is 3. The predicted molar refractivity (Wildman–Crippen MR) is 145 cm³/mol. The van der Waals surface area contributed by atoms with Gasteiger partial charge in [-0.2, -0.15) is 5.10 Å². The molecule has 1 saturated heterocycles. The number of aryl methyl sites for hydroxylation is 1. The molecule has 4 aromatic rings. The number of urea groups is 1. The van der Waals surface area contributed by atoms with Crippen molar-refractivity contribution in [2.24, 2.45) is 0 Å². The second kappa shape index (κ2) is 11.3. The quantitative estimate of drug-likeness (QED) is 0.293. The van der Waals surface area contributed by atoms with Crippen molar-refractivity contribution in [2.45, 2.75) is 13.5 Å². The number of hydrogen-bond donors (Lipinski definition) is 4. The number of nitrogens with one attached hydrogen (secondary N) is 4. The van der Waals surface area contributed by atoms with Crippen LogP contribution in [-0.4, -0.2) is 70.3 Å².